The molecule has 1 heterocycles. The van der Waals surface area contributed by atoms with Crippen LogP contribution in [-0.2, 0) is 6.54 Å². The third-order valence-corrected chi connectivity index (χ3v) is 4.70. The molecule has 0 saturated heterocycles. The molecule has 0 bridgehead atoms. The van der Waals surface area contributed by atoms with Gasteiger partial charge in [-0.2, -0.15) is 0 Å². The zero-order valence-electron chi connectivity index (χ0n) is 9.96. The zero-order chi connectivity index (χ0) is 13.7. The van der Waals surface area contributed by atoms with Crippen molar-refractivity contribution in [1.29, 1.82) is 0 Å². The largest absolute Gasteiger partial charge is 0.492 e. The van der Waals surface area contributed by atoms with Crippen LogP contribution in [0.1, 0.15) is 4.88 Å². The molecule has 1 aromatic carbocycles. The first-order valence-corrected chi connectivity index (χ1v) is 8.13. The van der Waals surface area contributed by atoms with Crippen LogP contribution in [0.3, 0.4) is 0 Å². The molecule has 0 atom stereocenters. The van der Waals surface area contributed by atoms with E-state index in [1.807, 2.05) is 0 Å². The van der Waals surface area contributed by atoms with E-state index in [9.17, 15) is 4.39 Å². The standard InChI is InChI=1S/C13H12Br2FNOS/c14-9-5-11(19-8-9)7-17-3-4-18-10-1-2-12(15)13(16)6-10/h1-2,5-6,8,17H,3-4,7H2. The minimum atomic E-state index is -0.311. The van der Waals surface area contributed by atoms with Gasteiger partial charge in [0, 0.05) is 33.9 Å². The highest BCUT2D eigenvalue weighted by Gasteiger charge is 2.01. The zero-order valence-corrected chi connectivity index (χ0v) is 13.9. The summed E-state index contributed by atoms with van der Waals surface area (Å²) in [5, 5.41) is 5.33. The fourth-order valence-corrected chi connectivity index (χ4v) is 3.13. The lowest BCUT2D eigenvalue weighted by Crippen LogP contribution is -2.20. The molecule has 0 amide bonds. The van der Waals surface area contributed by atoms with Crippen LogP contribution >= 0.6 is 43.2 Å². The number of hydrogen-bond donors (Lipinski definition) is 1. The Bertz CT molecular complexity index is 547. The molecule has 1 N–H and O–H groups in total. The highest BCUT2D eigenvalue weighted by molar-refractivity contribution is 9.10. The fourth-order valence-electron chi connectivity index (χ4n) is 1.47. The quantitative estimate of drug-likeness (QED) is 0.706. The molecule has 2 aromatic rings. The average Bonchev–Trinajstić information content (AvgIpc) is 2.79. The number of ether oxygens (including phenoxy) is 1. The van der Waals surface area contributed by atoms with Crippen molar-refractivity contribution in [2.45, 2.75) is 6.54 Å². The third-order valence-electron chi connectivity index (χ3n) is 2.36. The van der Waals surface area contributed by atoms with E-state index in [2.05, 4.69) is 48.6 Å². The molecule has 19 heavy (non-hydrogen) atoms. The van der Waals surface area contributed by atoms with Gasteiger partial charge in [-0.1, -0.05) is 0 Å². The summed E-state index contributed by atoms with van der Waals surface area (Å²) in [5.41, 5.74) is 0. The molecule has 2 nitrogen and oxygen atoms in total. The van der Waals surface area contributed by atoms with E-state index in [0.29, 0.717) is 23.4 Å². The minimum absolute atomic E-state index is 0.311. The van der Waals surface area contributed by atoms with Gasteiger partial charge in [-0.25, -0.2) is 4.39 Å². The predicted octanol–water partition coefficient (Wildman–Crippen LogP) is 4.58. The molecule has 0 saturated carbocycles. The summed E-state index contributed by atoms with van der Waals surface area (Å²) >= 11 is 8.22. The van der Waals surface area contributed by atoms with Crippen molar-refractivity contribution < 1.29 is 9.13 Å². The van der Waals surface area contributed by atoms with Gasteiger partial charge in [0.1, 0.15) is 18.2 Å². The van der Waals surface area contributed by atoms with Crippen molar-refractivity contribution in [1.82, 2.24) is 5.32 Å². The van der Waals surface area contributed by atoms with E-state index >= 15 is 0 Å². The number of rotatable bonds is 6. The van der Waals surface area contributed by atoms with Gasteiger partial charge in [-0.15, -0.1) is 11.3 Å². The number of hydrogen-bond acceptors (Lipinski definition) is 3. The molecule has 2 rings (SSSR count). The van der Waals surface area contributed by atoms with Gasteiger partial charge in [0.15, 0.2) is 0 Å². The monoisotopic (exact) mass is 407 g/mol. The maximum atomic E-state index is 13.2. The van der Waals surface area contributed by atoms with Crippen LogP contribution in [0.25, 0.3) is 0 Å². The van der Waals surface area contributed by atoms with Crippen LogP contribution in [0.5, 0.6) is 5.75 Å². The van der Waals surface area contributed by atoms with Gasteiger partial charge in [-0.05, 0) is 50.1 Å². The van der Waals surface area contributed by atoms with E-state index in [4.69, 9.17) is 4.74 Å². The van der Waals surface area contributed by atoms with Crippen molar-refractivity contribution in [2.24, 2.45) is 0 Å². The van der Waals surface area contributed by atoms with Crippen LogP contribution in [0.4, 0.5) is 4.39 Å². The second-order valence-electron chi connectivity index (χ2n) is 3.83. The number of thiophene rings is 1. The van der Waals surface area contributed by atoms with Crippen LogP contribution < -0.4 is 10.1 Å². The minimum Gasteiger partial charge on any atom is -0.492 e. The lowest BCUT2D eigenvalue weighted by atomic mass is 10.3. The van der Waals surface area contributed by atoms with Crippen LogP contribution in [0.15, 0.2) is 38.6 Å². The van der Waals surface area contributed by atoms with Gasteiger partial charge >= 0.3 is 0 Å². The predicted molar refractivity (Wildman–Crippen MR) is 83.3 cm³/mol. The van der Waals surface area contributed by atoms with Gasteiger partial charge in [0.25, 0.3) is 0 Å². The Kier molecular flexibility index (Phi) is 5.81. The van der Waals surface area contributed by atoms with Gasteiger partial charge < -0.3 is 10.1 Å². The Morgan fingerprint density at radius 3 is 2.79 bits per heavy atom. The van der Waals surface area contributed by atoms with Crippen LogP contribution in [-0.4, -0.2) is 13.2 Å². The lowest BCUT2D eigenvalue weighted by Gasteiger charge is -2.07. The summed E-state index contributed by atoms with van der Waals surface area (Å²) in [6.45, 7) is 2.04. The Morgan fingerprint density at radius 1 is 1.26 bits per heavy atom. The van der Waals surface area contributed by atoms with Gasteiger partial charge in [-0.3, -0.25) is 0 Å². The number of benzene rings is 1. The van der Waals surface area contributed by atoms with Gasteiger partial charge in [0.2, 0.25) is 0 Å². The smallest absolute Gasteiger partial charge is 0.141 e. The number of nitrogens with one attached hydrogen (secondary N) is 1. The Labute approximate surface area is 132 Å². The maximum Gasteiger partial charge on any atom is 0.141 e. The topological polar surface area (TPSA) is 21.3 Å². The van der Waals surface area contributed by atoms with Crippen molar-refractivity contribution in [3.63, 3.8) is 0 Å². The second kappa shape index (κ2) is 7.38. The van der Waals surface area contributed by atoms with E-state index < -0.39 is 0 Å². The SMILES string of the molecule is Fc1cc(OCCNCc2cc(Br)cs2)ccc1Br. The average molecular weight is 409 g/mol. The molecule has 1 aromatic heterocycles. The van der Waals surface area contributed by atoms with Crippen molar-refractivity contribution in [3.05, 3.63) is 49.3 Å². The van der Waals surface area contributed by atoms with Crippen LogP contribution in [0, 0.1) is 5.82 Å². The maximum absolute atomic E-state index is 13.2. The molecule has 0 aliphatic heterocycles. The Hall–Kier alpha value is -0.430. The van der Waals surface area contributed by atoms with Crippen LogP contribution in [0.2, 0.25) is 0 Å². The normalized spacial score (nSPS) is 10.7. The highest BCUT2D eigenvalue weighted by Crippen LogP contribution is 2.21. The Morgan fingerprint density at radius 2 is 2.11 bits per heavy atom. The van der Waals surface area contributed by atoms with Gasteiger partial charge in [0.05, 0.1) is 4.47 Å². The van der Waals surface area contributed by atoms with Crippen molar-refractivity contribution >= 4 is 43.2 Å². The molecule has 0 radical (unpaired) electrons. The first-order valence-electron chi connectivity index (χ1n) is 5.66. The number of halogens is 3. The highest BCUT2D eigenvalue weighted by atomic mass is 79.9. The molecule has 0 spiro atoms. The summed E-state index contributed by atoms with van der Waals surface area (Å²) in [5.74, 6) is 0.232. The second-order valence-corrected chi connectivity index (χ2v) is 6.60. The molecule has 0 aliphatic rings. The molecule has 0 fully saturated rings. The van der Waals surface area contributed by atoms with E-state index in [1.54, 1.807) is 23.5 Å². The third kappa shape index (κ3) is 4.87. The molecule has 6 heteroatoms. The summed E-state index contributed by atoms with van der Waals surface area (Å²) in [6, 6.07) is 6.84. The lowest BCUT2D eigenvalue weighted by molar-refractivity contribution is 0.312. The molecular weight excluding hydrogens is 397 g/mol. The summed E-state index contributed by atoms with van der Waals surface area (Å²) in [7, 11) is 0. The molecule has 0 unspecified atom stereocenters. The van der Waals surface area contributed by atoms with E-state index in [-0.39, 0.29) is 5.82 Å². The molecule has 0 aliphatic carbocycles. The first kappa shape index (κ1) is 15.0. The first-order chi connectivity index (χ1) is 9.15. The van der Waals surface area contributed by atoms with Crippen molar-refractivity contribution in [3.8, 4) is 5.75 Å². The fraction of sp³-hybridized carbons (Fsp3) is 0.231. The summed E-state index contributed by atoms with van der Waals surface area (Å²) in [4.78, 5) is 1.27. The van der Waals surface area contributed by atoms with E-state index in [1.165, 1.54) is 10.9 Å². The van der Waals surface area contributed by atoms with E-state index in [0.717, 1.165) is 11.0 Å². The Balaban J connectivity index is 1.67. The summed E-state index contributed by atoms with van der Waals surface area (Å²) in [6.07, 6.45) is 0. The summed E-state index contributed by atoms with van der Waals surface area (Å²) < 4.78 is 20.2. The van der Waals surface area contributed by atoms with Crippen molar-refractivity contribution in [2.75, 3.05) is 13.2 Å². The molecular formula is C13H12Br2FNOS. The molecule has 102 valence electrons.